The second kappa shape index (κ2) is 24.1. The highest BCUT2D eigenvalue weighted by atomic mass is 35.5. The van der Waals surface area contributed by atoms with Gasteiger partial charge in [-0.3, -0.25) is 4.68 Å². The summed E-state index contributed by atoms with van der Waals surface area (Å²) in [5, 5.41) is 30.9. The minimum Gasteiger partial charge on any atom is -0.479 e. The minimum absolute atomic E-state index is 0.433. The Balaban J connectivity index is 0.000000179. The monoisotopic (exact) mass is 1230 g/mol. The summed E-state index contributed by atoms with van der Waals surface area (Å²) in [6.45, 7) is 21.2. The van der Waals surface area contributed by atoms with Crippen LogP contribution in [0, 0.1) is 13.8 Å². The summed E-state index contributed by atoms with van der Waals surface area (Å²) in [5.41, 5.74) is 12.9. The van der Waals surface area contributed by atoms with Crippen LogP contribution in [0.15, 0.2) is 97.3 Å². The largest absolute Gasteiger partial charge is 0.479 e. The van der Waals surface area contributed by atoms with Gasteiger partial charge < -0.3 is 39.0 Å². The molecule has 5 aromatic carbocycles. The van der Waals surface area contributed by atoms with E-state index in [1.165, 1.54) is 11.1 Å². The first-order valence-electron chi connectivity index (χ1n) is 29.0. The first-order valence-corrected chi connectivity index (χ1v) is 31.4. The topological polar surface area (TPSA) is 164 Å². The second-order valence-electron chi connectivity index (χ2n) is 24.9. The number of likely N-dealkylation sites (tertiary alicyclic amines) is 1. The molecule has 2 fully saturated rings. The van der Waals surface area contributed by atoms with Gasteiger partial charge in [-0.25, -0.2) is 24.5 Å². The van der Waals surface area contributed by atoms with Crippen molar-refractivity contribution in [1.82, 2.24) is 39.1 Å². The molecular weight excluding hydrogens is 1160 g/mol. The number of rotatable bonds is 12. The third kappa shape index (κ3) is 12.5. The predicted molar refractivity (Wildman–Crippen MR) is 351 cm³/mol. The van der Waals surface area contributed by atoms with Crippen LogP contribution in [0.3, 0.4) is 0 Å². The lowest BCUT2D eigenvalue weighted by molar-refractivity contribution is -0.161. The molecule has 10 aromatic rings. The van der Waals surface area contributed by atoms with Gasteiger partial charge in [0, 0.05) is 113 Å². The fraction of sp³-hybridized carbons (Fsp3) is 0.373. The molecule has 12 rings (SSSR count). The van der Waals surface area contributed by atoms with E-state index in [9.17, 15) is 19.8 Å². The van der Waals surface area contributed by atoms with Crippen LogP contribution in [0.4, 0.5) is 5.69 Å². The Bertz CT molecular complexity index is 3930. The van der Waals surface area contributed by atoms with Crippen molar-refractivity contribution in [3.05, 3.63) is 135 Å². The maximum Gasteiger partial charge on any atom is 0.337 e. The maximum atomic E-state index is 12.7. The first kappa shape index (κ1) is 60.9. The summed E-state index contributed by atoms with van der Waals surface area (Å²) in [6, 6.07) is 27.6. The van der Waals surface area contributed by atoms with Crippen molar-refractivity contribution in [3.8, 4) is 43.4 Å². The van der Waals surface area contributed by atoms with Crippen LogP contribution >= 0.6 is 45.9 Å². The normalized spacial score (nSPS) is 15.7. The highest BCUT2D eigenvalue weighted by Gasteiger charge is 2.35. The summed E-state index contributed by atoms with van der Waals surface area (Å²) >= 11 is 15.6. The molecule has 2 saturated heterocycles. The molecule has 0 saturated carbocycles. The number of carboxylic acids is 2. The van der Waals surface area contributed by atoms with Gasteiger partial charge in [-0.1, -0.05) is 47.5 Å². The number of thiazole rings is 2. The number of likely N-dealkylation sites (N-methyl/N-ethyl adjacent to an activating group) is 1. The smallest absolute Gasteiger partial charge is 0.337 e. The molecule has 0 aliphatic carbocycles. The molecule has 0 unspecified atom stereocenters. The molecule has 19 heteroatoms. The van der Waals surface area contributed by atoms with Crippen molar-refractivity contribution in [2.45, 2.75) is 97.6 Å². The molecule has 15 nitrogen and oxygen atoms in total. The van der Waals surface area contributed by atoms with E-state index in [-0.39, 0.29) is 0 Å². The van der Waals surface area contributed by atoms with Crippen LogP contribution in [-0.4, -0.2) is 126 Å². The van der Waals surface area contributed by atoms with Gasteiger partial charge in [-0.2, -0.15) is 5.10 Å². The van der Waals surface area contributed by atoms with Crippen molar-refractivity contribution < 1.29 is 29.3 Å². The number of benzene rings is 5. The number of hydrogen-bond acceptors (Lipinski definition) is 13. The molecule has 86 heavy (non-hydrogen) atoms. The zero-order chi connectivity index (χ0) is 61.3. The summed E-state index contributed by atoms with van der Waals surface area (Å²) in [7, 11) is 8.39. The highest BCUT2D eigenvalue weighted by molar-refractivity contribution is 7.22. The van der Waals surface area contributed by atoms with Gasteiger partial charge >= 0.3 is 11.9 Å². The molecule has 0 bridgehead atoms. The molecule has 5 aromatic heterocycles. The number of piperidine rings is 1. The Morgan fingerprint density at radius 3 is 1.57 bits per heavy atom. The van der Waals surface area contributed by atoms with Crippen molar-refractivity contribution >= 4 is 106 Å². The number of anilines is 1. The Labute approximate surface area is 519 Å². The number of pyridine rings is 1. The van der Waals surface area contributed by atoms with E-state index in [0.29, 0.717) is 27.1 Å². The fourth-order valence-electron chi connectivity index (χ4n) is 12.0. The molecule has 448 valence electrons. The number of carbonyl (C=O) groups is 2. The number of fused-ring (bicyclic) bond motifs is 4. The van der Waals surface area contributed by atoms with Crippen LogP contribution in [0.2, 0.25) is 10.0 Å². The third-order valence-corrected chi connectivity index (χ3v) is 18.9. The Kier molecular flexibility index (Phi) is 17.0. The summed E-state index contributed by atoms with van der Waals surface area (Å²) in [5.74, 6) is -1.63. The van der Waals surface area contributed by atoms with Gasteiger partial charge in [0.25, 0.3) is 0 Å². The van der Waals surface area contributed by atoms with Crippen LogP contribution < -0.4 is 4.90 Å². The van der Waals surface area contributed by atoms with Gasteiger partial charge in [-0.05, 0) is 178 Å². The predicted octanol–water partition coefficient (Wildman–Crippen LogP) is 15.4. The van der Waals surface area contributed by atoms with Gasteiger partial charge in [0.15, 0.2) is 12.2 Å². The number of aryl methyl sites for hydroxylation is 4. The second-order valence-corrected chi connectivity index (χ2v) is 27.8. The minimum atomic E-state index is -1.16. The molecule has 0 spiro atoms. The molecule has 0 radical (unpaired) electrons. The molecule has 0 amide bonds. The van der Waals surface area contributed by atoms with E-state index in [0.717, 1.165) is 149 Å². The standard InChI is InChI=1S/C34H37ClN4O3S.C33H36ClN5O3S/c1-19-17-25-31(28(20-7-10-23(35)11-8-20)27(19)30(33(40)41)42-34(2,3)4)43-32(36-25)22-9-12-26-24(18-22)29(37-39(26)6)21-13-15-38(5)16-14-21;1-19-15-24-29(27(20-7-9-22(34)10-8-20)26(19)28(32(40)41)42-33(2,3)4)43-31(36-24)21-16-23-25(18-38(6)30(23)35-17-21)39-13-11-37(5)12-14-39/h7-12,17-18,21,30H,13-16H2,1-6H3,(H,40,41);7-10,15-18,28H,11-14H2,1-6H3,(H,40,41)/t30-;28-/m00/s1. The zero-order valence-corrected chi connectivity index (χ0v) is 53.9. The summed E-state index contributed by atoms with van der Waals surface area (Å²) in [6.07, 6.45) is 3.94. The highest BCUT2D eigenvalue weighted by Crippen LogP contribution is 2.48. The van der Waals surface area contributed by atoms with E-state index < -0.39 is 35.3 Å². The number of aliphatic carboxylic acids is 2. The Hall–Kier alpha value is -6.80. The maximum absolute atomic E-state index is 12.7. The first-order chi connectivity index (χ1) is 40.8. The third-order valence-electron chi connectivity index (χ3n) is 16.2. The number of hydrogen-bond donors (Lipinski definition) is 2. The molecule has 2 aliphatic rings. The van der Waals surface area contributed by atoms with Crippen LogP contribution in [0.1, 0.15) is 100 Å². The number of aromatic nitrogens is 6. The Morgan fingerprint density at radius 1 is 0.616 bits per heavy atom. The van der Waals surface area contributed by atoms with Crippen molar-refractivity contribution in [2.24, 2.45) is 14.1 Å². The number of nitrogens with zero attached hydrogens (tertiary/aromatic N) is 9. The number of carboxylic acid groups (broad SMARTS) is 2. The van der Waals surface area contributed by atoms with Crippen molar-refractivity contribution in [2.75, 3.05) is 58.3 Å². The van der Waals surface area contributed by atoms with Gasteiger partial charge in [0.1, 0.15) is 15.7 Å². The molecule has 2 atom stereocenters. The molecular formula is C67H73Cl2N9O6S2. The quantitative estimate of drug-likeness (QED) is 0.119. The average Bonchev–Trinajstić information content (AvgIpc) is 1.68. The van der Waals surface area contributed by atoms with Crippen molar-refractivity contribution in [3.63, 3.8) is 0 Å². The molecule has 7 heterocycles. The fourth-order valence-corrected chi connectivity index (χ4v) is 14.5. The number of piperazine rings is 1. The summed E-state index contributed by atoms with van der Waals surface area (Å²) < 4.78 is 18.2. The lowest BCUT2D eigenvalue weighted by atomic mass is 9.91. The van der Waals surface area contributed by atoms with E-state index in [4.69, 9.17) is 52.7 Å². The zero-order valence-electron chi connectivity index (χ0n) is 50.8. The average molecular weight is 1240 g/mol. The molecule has 2 aliphatic heterocycles. The lowest BCUT2D eigenvalue weighted by Gasteiger charge is -2.33. The van der Waals surface area contributed by atoms with E-state index in [2.05, 4.69) is 63.8 Å². The van der Waals surface area contributed by atoms with Gasteiger partial charge in [0.2, 0.25) is 0 Å². The van der Waals surface area contributed by atoms with Gasteiger partial charge in [0.05, 0.1) is 48.5 Å². The van der Waals surface area contributed by atoms with Gasteiger partial charge in [-0.15, -0.1) is 22.7 Å². The molecule has 2 N–H and O–H groups in total. The Morgan fingerprint density at radius 2 is 1.08 bits per heavy atom. The summed E-state index contributed by atoms with van der Waals surface area (Å²) in [4.78, 5) is 47.5. The van der Waals surface area contributed by atoms with E-state index in [1.54, 1.807) is 22.7 Å². The van der Waals surface area contributed by atoms with E-state index in [1.807, 2.05) is 141 Å². The van der Waals surface area contributed by atoms with Crippen LogP contribution in [0.5, 0.6) is 0 Å². The SMILES string of the molecule is Cc1cc2nc(-c3ccc4c(c3)c(C3CCN(C)CC3)nn4C)sc2c(-c2ccc(Cl)cc2)c1[C@H](OC(C)(C)C)C(=O)O.Cc1cc2nc(-c3cnc4c(c3)c(N3CCN(C)CC3)cn4C)sc2c(-c2ccc(Cl)cc2)c1[C@H](OC(C)(C)C)C(=O)O. The van der Waals surface area contributed by atoms with E-state index >= 15 is 0 Å². The lowest BCUT2D eigenvalue weighted by Crippen LogP contribution is -2.44. The van der Waals surface area contributed by atoms with Crippen LogP contribution in [0.25, 0.3) is 85.8 Å². The van der Waals surface area contributed by atoms with Crippen LogP contribution in [-0.2, 0) is 33.2 Å². The van der Waals surface area contributed by atoms with Crippen molar-refractivity contribution in [1.29, 1.82) is 0 Å². The number of halogens is 2. The number of ether oxygens (including phenoxy) is 2.